The Balaban J connectivity index is 1.88. The van der Waals surface area contributed by atoms with Crippen molar-refractivity contribution in [3.63, 3.8) is 0 Å². The summed E-state index contributed by atoms with van der Waals surface area (Å²) in [5.74, 6) is 0.655. The predicted octanol–water partition coefficient (Wildman–Crippen LogP) is 3.71. The highest BCUT2D eigenvalue weighted by Gasteiger charge is 2.40. The number of aryl methyl sites for hydroxylation is 1. The predicted molar refractivity (Wildman–Crippen MR) is 111 cm³/mol. The minimum absolute atomic E-state index is 0.0974. The third-order valence-corrected chi connectivity index (χ3v) is 6.72. The van der Waals surface area contributed by atoms with E-state index in [0.29, 0.717) is 24.6 Å². The number of carboxylic acids is 1. The topological polar surface area (TPSA) is 57.6 Å². The van der Waals surface area contributed by atoms with E-state index in [1.807, 2.05) is 0 Å². The number of amides is 1. The molecule has 0 radical (unpaired) electrons. The van der Waals surface area contributed by atoms with Gasteiger partial charge in [0.05, 0.1) is 0 Å². The average molecular weight is 396 g/mol. The van der Waals surface area contributed by atoms with Crippen molar-refractivity contribution >= 4 is 36.3 Å². The quantitative estimate of drug-likeness (QED) is 0.659. The summed E-state index contributed by atoms with van der Waals surface area (Å²) in [5.41, 5.74) is 2.64. The van der Waals surface area contributed by atoms with Crippen molar-refractivity contribution in [2.24, 2.45) is 5.92 Å². The second-order valence-electron chi connectivity index (χ2n) is 7.30. The second kappa shape index (κ2) is 9.70. The van der Waals surface area contributed by atoms with Gasteiger partial charge in [-0.3, -0.25) is 4.79 Å². The van der Waals surface area contributed by atoms with Gasteiger partial charge in [0.15, 0.2) is 0 Å². The molecule has 0 saturated carbocycles. The molecule has 6 heteroatoms. The molecule has 1 aliphatic heterocycles. The van der Waals surface area contributed by atoms with Gasteiger partial charge in [-0.05, 0) is 35.6 Å². The highest BCUT2D eigenvalue weighted by atomic mass is 32.2. The van der Waals surface area contributed by atoms with Gasteiger partial charge in [-0.15, -0.1) is 0 Å². The molecule has 0 spiro atoms. The maximum atomic E-state index is 12.4. The number of likely N-dealkylation sites (tertiary alicyclic amines) is 1. The fourth-order valence-electron chi connectivity index (χ4n) is 3.17. The second-order valence-corrected chi connectivity index (χ2v) is 9.08. The zero-order valence-electron chi connectivity index (χ0n) is 15.7. The average Bonchev–Trinajstić information content (AvgIpc) is 3.05. The maximum absolute atomic E-state index is 12.4. The lowest BCUT2D eigenvalue weighted by Gasteiger charge is -2.24. The number of benzene rings is 1. The molecule has 1 aromatic carbocycles. The van der Waals surface area contributed by atoms with Gasteiger partial charge in [-0.2, -0.15) is 24.4 Å². The lowest BCUT2D eigenvalue weighted by molar-refractivity contribution is -0.149. The van der Waals surface area contributed by atoms with E-state index in [1.165, 1.54) is 16.0 Å². The van der Waals surface area contributed by atoms with Crippen LogP contribution in [-0.4, -0.2) is 51.2 Å². The SMILES string of the molecule is CC(C)c1ccc(CCS[C@H]2C[C@@H](C(=O)O)N(C(=O)[C@H](C)CS)C2)cc1. The minimum Gasteiger partial charge on any atom is -0.480 e. The highest BCUT2D eigenvalue weighted by molar-refractivity contribution is 7.99. The lowest BCUT2D eigenvalue weighted by Crippen LogP contribution is -2.43. The number of nitrogens with zero attached hydrogens (tertiary/aromatic N) is 1. The molecule has 1 fully saturated rings. The van der Waals surface area contributed by atoms with Crippen molar-refractivity contribution in [1.82, 2.24) is 4.90 Å². The normalized spacial score (nSPS) is 21.2. The Labute approximate surface area is 166 Å². The van der Waals surface area contributed by atoms with Crippen molar-refractivity contribution in [1.29, 1.82) is 0 Å². The Morgan fingerprint density at radius 2 is 1.92 bits per heavy atom. The first-order valence-corrected chi connectivity index (χ1v) is 10.9. The molecule has 0 aliphatic carbocycles. The number of carbonyl (C=O) groups excluding carboxylic acids is 1. The molecule has 144 valence electrons. The first-order chi connectivity index (χ1) is 12.3. The molecule has 0 bridgehead atoms. The van der Waals surface area contributed by atoms with Crippen LogP contribution in [0.4, 0.5) is 0 Å². The van der Waals surface area contributed by atoms with Crippen LogP contribution in [0, 0.1) is 5.92 Å². The van der Waals surface area contributed by atoms with Crippen LogP contribution in [-0.2, 0) is 16.0 Å². The molecular formula is C20H29NO3S2. The standard InChI is InChI=1S/C20H29NO3S2/c1-13(2)16-6-4-15(5-7-16)8-9-26-17-10-18(20(23)24)21(11-17)19(22)14(3)12-25/h4-7,13-14,17-18,25H,8-12H2,1-3H3,(H,23,24)/t14-,17+,18+/m1/s1. The van der Waals surface area contributed by atoms with Crippen LogP contribution >= 0.6 is 24.4 Å². The van der Waals surface area contributed by atoms with Crippen molar-refractivity contribution in [3.05, 3.63) is 35.4 Å². The third kappa shape index (κ3) is 5.43. The van der Waals surface area contributed by atoms with Gasteiger partial charge >= 0.3 is 5.97 Å². The van der Waals surface area contributed by atoms with Crippen LogP contribution in [0.3, 0.4) is 0 Å². The zero-order valence-corrected chi connectivity index (χ0v) is 17.4. The van der Waals surface area contributed by atoms with E-state index in [0.717, 1.165) is 12.2 Å². The van der Waals surface area contributed by atoms with Crippen LogP contribution in [0.15, 0.2) is 24.3 Å². The Morgan fingerprint density at radius 1 is 1.27 bits per heavy atom. The van der Waals surface area contributed by atoms with Gasteiger partial charge in [0, 0.05) is 23.5 Å². The fraction of sp³-hybridized carbons (Fsp3) is 0.600. The fourth-order valence-corrected chi connectivity index (χ4v) is 4.60. The molecule has 2 rings (SSSR count). The van der Waals surface area contributed by atoms with Gasteiger partial charge in [0.1, 0.15) is 6.04 Å². The molecule has 3 atom stereocenters. The van der Waals surface area contributed by atoms with Crippen molar-refractivity contribution in [2.45, 2.75) is 50.8 Å². The Morgan fingerprint density at radius 3 is 2.46 bits per heavy atom. The van der Waals surface area contributed by atoms with Gasteiger partial charge in [0.2, 0.25) is 5.91 Å². The van der Waals surface area contributed by atoms with Crippen LogP contribution in [0.5, 0.6) is 0 Å². The van der Waals surface area contributed by atoms with Gasteiger partial charge in [-0.1, -0.05) is 45.0 Å². The van der Waals surface area contributed by atoms with E-state index in [4.69, 9.17) is 0 Å². The summed E-state index contributed by atoms with van der Waals surface area (Å²) in [7, 11) is 0. The molecule has 1 saturated heterocycles. The van der Waals surface area contributed by atoms with Gasteiger partial charge < -0.3 is 10.0 Å². The molecule has 1 amide bonds. The molecule has 1 aliphatic rings. The van der Waals surface area contributed by atoms with Crippen LogP contribution in [0.25, 0.3) is 0 Å². The zero-order chi connectivity index (χ0) is 19.3. The monoisotopic (exact) mass is 395 g/mol. The van der Waals surface area contributed by atoms with Gasteiger partial charge in [-0.25, -0.2) is 4.79 Å². The van der Waals surface area contributed by atoms with E-state index in [9.17, 15) is 14.7 Å². The van der Waals surface area contributed by atoms with E-state index < -0.39 is 12.0 Å². The number of hydrogen-bond donors (Lipinski definition) is 2. The molecule has 1 N–H and O–H groups in total. The molecule has 0 aromatic heterocycles. The summed E-state index contributed by atoms with van der Waals surface area (Å²) >= 11 is 5.94. The van der Waals surface area contributed by atoms with E-state index in [-0.39, 0.29) is 17.1 Å². The van der Waals surface area contributed by atoms with Crippen molar-refractivity contribution in [2.75, 3.05) is 18.1 Å². The molecule has 0 unspecified atom stereocenters. The van der Waals surface area contributed by atoms with E-state index in [1.54, 1.807) is 18.7 Å². The Hall–Kier alpha value is -1.14. The number of carboxylic acid groups (broad SMARTS) is 1. The van der Waals surface area contributed by atoms with Crippen LogP contribution in [0.2, 0.25) is 0 Å². The molecule has 1 heterocycles. The molecule has 4 nitrogen and oxygen atoms in total. The smallest absolute Gasteiger partial charge is 0.326 e. The molecule has 1 aromatic rings. The largest absolute Gasteiger partial charge is 0.480 e. The molecular weight excluding hydrogens is 366 g/mol. The van der Waals surface area contributed by atoms with Gasteiger partial charge in [0.25, 0.3) is 0 Å². The Bertz CT molecular complexity index is 618. The van der Waals surface area contributed by atoms with Crippen molar-refractivity contribution in [3.8, 4) is 0 Å². The summed E-state index contributed by atoms with van der Waals surface area (Å²) in [6, 6.07) is 8.01. The number of thioether (sulfide) groups is 1. The minimum atomic E-state index is -0.905. The number of hydrogen-bond acceptors (Lipinski definition) is 4. The first kappa shape index (κ1) is 21.2. The highest BCUT2D eigenvalue weighted by Crippen LogP contribution is 2.30. The number of rotatable bonds is 8. The Kier molecular flexibility index (Phi) is 7.89. The summed E-state index contributed by atoms with van der Waals surface area (Å²) < 4.78 is 0. The summed E-state index contributed by atoms with van der Waals surface area (Å²) in [6.45, 7) is 6.69. The summed E-state index contributed by atoms with van der Waals surface area (Å²) in [6.07, 6.45) is 1.48. The summed E-state index contributed by atoms with van der Waals surface area (Å²) in [4.78, 5) is 25.5. The number of thiol groups is 1. The summed E-state index contributed by atoms with van der Waals surface area (Å²) in [5, 5.41) is 9.64. The van der Waals surface area contributed by atoms with Crippen molar-refractivity contribution < 1.29 is 14.7 Å². The first-order valence-electron chi connectivity index (χ1n) is 9.18. The van der Waals surface area contributed by atoms with Crippen LogP contribution in [0.1, 0.15) is 44.2 Å². The molecule has 26 heavy (non-hydrogen) atoms. The van der Waals surface area contributed by atoms with E-state index in [2.05, 4.69) is 50.7 Å². The third-order valence-electron chi connectivity index (χ3n) is 4.92. The number of carbonyl (C=O) groups is 2. The van der Waals surface area contributed by atoms with E-state index >= 15 is 0 Å². The lowest BCUT2D eigenvalue weighted by atomic mass is 10.0. The van der Waals surface area contributed by atoms with Crippen LogP contribution < -0.4 is 0 Å². The number of aliphatic carboxylic acids is 1. The maximum Gasteiger partial charge on any atom is 0.326 e.